The maximum Gasteiger partial charge on any atom is 0.725 e. The fourth-order valence-electron chi connectivity index (χ4n) is 4.32. The molecule has 0 radical (unpaired) electrons. The highest BCUT2D eigenvalue weighted by atomic mass is 127. The van der Waals surface area contributed by atoms with E-state index in [4.69, 9.17) is 103 Å². The van der Waals surface area contributed by atoms with E-state index in [0.717, 1.165) is 93.0 Å². The van der Waals surface area contributed by atoms with E-state index in [-0.39, 0.29) is 0 Å². The third kappa shape index (κ3) is 5.29. The number of rotatable bonds is 10. The maximum absolute atomic E-state index is 6.50. The number of hydrogen-bond acceptors (Lipinski definition) is 21. The van der Waals surface area contributed by atoms with Crippen molar-refractivity contribution in [3.63, 3.8) is 0 Å². The van der Waals surface area contributed by atoms with E-state index in [1.54, 1.807) is 0 Å². The van der Waals surface area contributed by atoms with Gasteiger partial charge in [0.2, 0.25) is 53.5 Å². The van der Waals surface area contributed by atoms with Gasteiger partial charge in [-0.05, 0) is 20.7 Å². The average molecular weight is 793 g/mol. The maximum atomic E-state index is 6.50. The molecule has 5 heterocycles. The van der Waals surface area contributed by atoms with E-state index in [1.165, 1.54) is 29.1 Å². The summed E-state index contributed by atoms with van der Waals surface area (Å²) in [7, 11) is 0. The summed E-state index contributed by atoms with van der Waals surface area (Å²) in [6, 6.07) is -2.82. The molecule has 29 heteroatoms. The molecule has 8 atom stereocenters. The van der Waals surface area contributed by atoms with E-state index < -0.39 is 47.1 Å². The normalized spacial score (nSPS) is 45.4. The van der Waals surface area contributed by atoms with Gasteiger partial charge >= 0.3 is 11.0 Å². The molecular formula is C18H34IN16O12+7. The summed E-state index contributed by atoms with van der Waals surface area (Å²) >= 11 is 1.39. The van der Waals surface area contributed by atoms with Gasteiger partial charge in [0.25, 0.3) is 14.9 Å². The number of hydroxylamine groups is 25. The van der Waals surface area contributed by atoms with Gasteiger partial charge in [0.1, 0.15) is 9.88 Å². The van der Waals surface area contributed by atoms with Gasteiger partial charge in [-0.25, -0.2) is 0 Å². The molecule has 8 unspecified atom stereocenters. The summed E-state index contributed by atoms with van der Waals surface area (Å²) in [5.74, 6) is 0. The molecule has 0 aromatic heterocycles. The van der Waals surface area contributed by atoms with Gasteiger partial charge in [-0.1, -0.05) is 0 Å². The smallest absolute Gasteiger partial charge is 0.405 e. The zero-order chi connectivity index (χ0) is 34.1. The predicted molar refractivity (Wildman–Crippen MR) is 145 cm³/mol. The minimum atomic E-state index is -2.82. The number of nitrogens with zero attached hydrogens (tertiary/aromatic N) is 8. The molecule has 28 nitrogen and oxygen atoms in total. The van der Waals surface area contributed by atoms with Gasteiger partial charge in [0.15, 0.2) is 52.5 Å². The van der Waals surface area contributed by atoms with Crippen LogP contribution in [-0.4, -0.2) is 52.3 Å². The lowest BCUT2D eigenvalue weighted by Gasteiger charge is -2.44. The fraction of sp³-hybridized carbons (Fsp3) is 0.111. The SMILES string of the molecule is N/C=C/C[N+]12O[N+]3(/C=C/N)OC45O[N+](/C=C/N)(ON(/C=C/N)O[N+]4(/C=C/N)O[N+]5(/C=C/N)O1)O[N+](/C=C/N)(O[N+](/C=C/N)(OI)O3)O2. The molecule has 16 N–H and O–H groups in total. The van der Waals surface area contributed by atoms with E-state index in [1.807, 2.05) is 0 Å². The molecule has 5 saturated heterocycles. The fourth-order valence-corrected chi connectivity index (χ4v) is 4.60. The second-order valence-corrected chi connectivity index (χ2v) is 9.18. The number of nitrogens with two attached hydrogens (primary N) is 8. The van der Waals surface area contributed by atoms with Crippen LogP contribution >= 0.6 is 23.0 Å². The molecule has 0 saturated carbocycles. The lowest BCUT2D eigenvalue weighted by molar-refractivity contribution is -1.77. The number of quaternary nitrogens is 7. The van der Waals surface area contributed by atoms with Gasteiger partial charge in [0.05, 0.1) is 53.1 Å². The zero-order valence-corrected chi connectivity index (χ0v) is 26.1. The molecule has 5 fully saturated rings. The lowest BCUT2D eigenvalue weighted by atomic mass is 10.6. The van der Waals surface area contributed by atoms with Gasteiger partial charge in [-0.3, -0.25) is 0 Å². The number of hydrogen-bond donors (Lipinski definition) is 8. The zero-order valence-electron chi connectivity index (χ0n) is 23.9. The average Bonchev–Trinajstić information content (AvgIpc) is 3.10. The van der Waals surface area contributed by atoms with Crippen LogP contribution in [0.3, 0.4) is 0 Å². The Morgan fingerprint density at radius 1 is 0.553 bits per heavy atom. The van der Waals surface area contributed by atoms with E-state index in [2.05, 4.69) is 0 Å². The molecule has 47 heavy (non-hydrogen) atoms. The summed E-state index contributed by atoms with van der Waals surface area (Å²) in [6.45, 7) is -0.522. The highest BCUT2D eigenvalue weighted by Gasteiger charge is 3.09. The van der Waals surface area contributed by atoms with Crippen LogP contribution in [0.1, 0.15) is 0 Å². The van der Waals surface area contributed by atoms with Crippen LogP contribution in [-0.2, 0) is 57.3 Å². The number of halogens is 1. The van der Waals surface area contributed by atoms with Gasteiger partial charge in [-0.2, -0.15) is 0 Å². The van der Waals surface area contributed by atoms with Crippen molar-refractivity contribution in [2.45, 2.75) is 6.03 Å². The van der Waals surface area contributed by atoms with Crippen LogP contribution in [0.15, 0.2) is 99.1 Å². The Kier molecular flexibility index (Phi) is 8.99. The summed E-state index contributed by atoms with van der Waals surface area (Å²) in [4.78, 5) is 56.7. The predicted octanol–water partition coefficient (Wildman–Crippen LogP) is -3.07. The molecule has 5 bridgehead atoms. The van der Waals surface area contributed by atoms with Crippen molar-refractivity contribution in [2.75, 3.05) is 6.54 Å². The molecule has 5 rings (SSSR count). The third-order valence-electron chi connectivity index (χ3n) is 5.73. The lowest BCUT2D eigenvalue weighted by Crippen LogP contribution is -2.91. The highest BCUT2D eigenvalue weighted by Crippen LogP contribution is 2.61. The van der Waals surface area contributed by atoms with Crippen molar-refractivity contribution in [1.82, 2.24) is 5.23 Å². The van der Waals surface area contributed by atoms with Crippen LogP contribution < -0.4 is 45.9 Å². The quantitative estimate of drug-likeness (QED) is 0.0804. The van der Waals surface area contributed by atoms with Crippen LogP contribution in [0.5, 0.6) is 0 Å². The standard InChI is InChI=1S/C18H34IN16O12/c19-38-33(16-8-26)44-32(15-7-25)37-18-29(12-4-22)39-28(10-3-21)40-31(36-18,14-6-24)43-35(46-33,17-9-27)47-34(45-32,11-1-2-20)42-30(18,41-29)13-5-23/h1-10,12-17H,11,20-27H2/q+7/b2-1+,10-3+,12-4+,13-5+,14-6+,15-7+,16-8+,17-9+. The molecule has 0 amide bonds. The topological polar surface area (TPSA) is 322 Å². The molecule has 0 aliphatic carbocycles. The van der Waals surface area contributed by atoms with Crippen molar-refractivity contribution in [3.8, 4) is 0 Å². The Balaban J connectivity index is 2.01. The van der Waals surface area contributed by atoms with E-state index in [9.17, 15) is 0 Å². The molecule has 0 aromatic rings. The third-order valence-corrected chi connectivity index (χ3v) is 6.28. The van der Waals surface area contributed by atoms with Crippen molar-refractivity contribution < 1.29 is 91.8 Å². The second-order valence-electron chi connectivity index (χ2n) is 8.79. The molecule has 5 aliphatic rings. The summed E-state index contributed by atoms with van der Waals surface area (Å²) in [5.41, 5.74) is 46.5. The monoisotopic (exact) mass is 793 g/mol. The molecular weight excluding hydrogens is 759 g/mol. The van der Waals surface area contributed by atoms with Crippen molar-refractivity contribution in [2.24, 2.45) is 45.9 Å². The first-order valence-corrected chi connectivity index (χ1v) is 13.6. The Bertz CT molecular complexity index is 1440. The summed E-state index contributed by atoms with van der Waals surface area (Å²) < 4.78 is 5.53. The van der Waals surface area contributed by atoms with Gasteiger partial charge in [-0.15, -0.1) is 0 Å². The van der Waals surface area contributed by atoms with Crippen molar-refractivity contribution in [1.29, 1.82) is 0 Å². The molecule has 258 valence electrons. The Morgan fingerprint density at radius 3 is 1.74 bits per heavy atom. The first-order valence-electron chi connectivity index (χ1n) is 12.7. The molecule has 0 aromatic carbocycles. The Labute approximate surface area is 277 Å². The first-order chi connectivity index (χ1) is 22.5. The van der Waals surface area contributed by atoms with Crippen molar-refractivity contribution >= 4 is 23.0 Å². The minimum absolute atomic E-state index is 0.522. The number of fused-ring (bicyclic) bond motifs is 3. The molecule has 5 aliphatic heterocycles. The van der Waals surface area contributed by atoms with Gasteiger partial charge < -0.3 is 45.9 Å². The second kappa shape index (κ2) is 12.3. The van der Waals surface area contributed by atoms with E-state index in [0.29, 0.717) is 5.23 Å². The first kappa shape index (κ1) is 34.4. The summed E-state index contributed by atoms with van der Waals surface area (Å²) in [6.07, 6.45) is 16.0. The van der Waals surface area contributed by atoms with Crippen molar-refractivity contribution in [3.05, 3.63) is 99.1 Å². The molecule has 1 spiro atoms. The van der Waals surface area contributed by atoms with Crippen LogP contribution in [0.2, 0.25) is 0 Å². The van der Waals surface area contributed by atoms with Crippen LogP contribution in [0.25, 0.3) is 0 Å². The van der Waals surface area contributed by atoms with E-state index >= 15 is 0 Å². The Morgan fingerprint density at radius 2 is 1.13 bits per heavy atom. The minimum Gasteiger partial charge on any atom is -0.405 e. The van der Waals surface area contributed by atoms with Crippen LogP contribution in [0, 0.1) is 0 Å². The Hall–Kier alpha value is -3.91. The summed E-state index contributed by atoms with van der Waals surface area (Å²) in [5, 5.41) is 0.578. The largest absolute Gasteiger partial charge is 0.725 e. The highest BCUT2D eigenvalue weighted by molar-refractivity contribution is 14.1. The van der Waals surface area contributed by atoms with Gasteiger partial charge in [0, 0.05) is 16.1 Å². The van der Waals surface area contributed by atoms with Crippen LogP contribution in [0.4, 0.5) is 0 Å².